The lowest BCUT2D eigenvalue weighted by molar-refractivity contribution is -0.220. The average molecular weight is 368 g/mol. The van der Waals surface area contributed by atoms with E-state index in [4.69, 9.17) is 9.47 Å². The Hall–Kier alpha value is -2.05. The second-order valence-corrected chi connectivity index (χ2v) is 7.45. The Morgan fingerprint density at radius 3 is 1.93 bits per heavy atom. The Kier molecular flexibility index (Phi) is 4.64. The molecule has 0 bridgehead atoms. The molecule has 1 saturated carbocycles. The van der Waals surface area contributed by atoms with E-state index in [1.54, 1.807) is 31.2 Å². The van der Waals surface area contributed by atoms with E-state index in [9.17, 15) is 15.0 Å². The molecule has 0 spiro atoms. The first-order valence-corrected chi connectivity index (χ1v) is 9.29. The Balaban J connectivity index is 1.89. The average Bonchev–Trinajstić information content (AvgIpc) is 3.26. The molecule has 0 unspecified atom stereocenters. The SMILES string of the molecule is CC1([C@H]2[C@H](C(O)(c3ccccc3)c3ccccc3)C(=O)C[C@@H]2O)OCCO1. The monoisotopic (exact) mass is 368 g/mol. The lowest BCUT2D eigenvalue weighted by atomic mass is 9.69. The highest BCUT2D eigenvalue weighted by atomic mass is 16.7. The van der Waals surface area contributed by atoms with Crippen molar-refractivity contribution < 1.29 is 24.5 Å². The van der Waals surface area contributed by atoms with Crippen molar-refractivity contribution in [2.75, 3.05) is 13.2 Å². The maximum atomic E-state index is 13.1. The molecule has 4 rings (SSSR count). The third-order valence-corrected chi connectivity index (χ3v) is 5.87. The minimum Gasteiger partial charge on any atom is -0.392 e. The zero-order chi connectivity index (χ0) is 19.1. The van der Waals surface area contributed by atoms with Gasteiger partial charge in [0.05, 0.1) is 31.2 Å². The summed E-state index contributed by atoms with van der Waals surface area (Å²) >= 11 is 0. The van der Waals surface area contributed by atoms with Crippen LogP contribution in [-0.2, 0) is 19.9 Å². The summed E-state index contributed by atoms with van der Waals surface area (Å²) in [7, 11) is 0. The molecule has 0 aromatic heterocycles. The number of hydrogen-bond acceptors (Lipinski definition) is 5. The van der Waals surface area contributed by atoms with Crippen LogP contribution in [0.4, 0.5) is 0 Å². The number of ether oxygens (including phenoxy) is 2. The largest absolute Gasteiger partial charge is 0.392 e. The topological polar surface area (TPSA) is 76.0 Å². The molecule has 0 radical (unpaired) electrons. The van der Waals surface area contributed by atoms with Crippen LogP contribution in [-0.4, -0.2) is 41.1 Å². The number of carbonyl (C=O) groups excluding carboxylic acids is 1. The summed E-state index contributed by atoms with van der Waals surface area (Å²) in [5, 5.41) is 22.8. The van der Waals surface area contributed by atoms with Gasteiger partial charge in [-0.1, -0.05) is 60.7 Å². The minimum atomic E-state index is -1.60. The molecule has 2 aromatic carbocycles. The van der Waals surface area contributed by atoms with Crippen molar-refractivity contribution in [1.82, 2.24) is 0 Å². The van der Waals surface area contributed by atoms with E-state index >= 15 is 0 Å². The van der Waals surface area contributed by atoms with Crippen LogP contribution in [0.5, 0.6) is 0 Å². The van der Waals surface area contributed by atoms with Gasteiger partial charge in [0.2, 0.25) is 0 Å². The third-order valence-electron chi connectivity index (χ3n) is 5.87. The zero-order valence-electron chi connectivity index (χ0n) is 15.2. The molecule has 1 aliphatic heterocycles. The Morgan fingerprint density at radius 2 is 1.44 bits per heavy atom. The number of carbonyl (C=O) groups is 1. The summed E-state index contributed by atoms with van der Waals surface area (Å²) in [5.74, 6) is -2.88. The zero-order valence-corrected chi connectivity index (χ0v) is 15.2. The van der Waals surface area contributed by atoms with Crippen LogP contribution in [0.25, 0.3) is 0 Å². The molecule has 2 N–H and O–H groups in total. The Morgan fingerprint density at radius 1 is 0.963 bits per heavy atom. The van der Waals surface area contributed by atoms with Crippen molar-refractivity contribution >= 4 is 5.78 Å². The fourth-order valence-corrected chi connectivity index (χ4v) is 4.66. The first-order valence-electron chi connectivity index (χ1n) is 9.29. The van der Waals surface area contributed by atoms with Gasteiger partial charge >= 0.3 is 0 Å². The highest BCUT2D eigenvalue weighted by Crippen LogP contribution is 2.51. The number of aliphatic hydroxyl groups excluding tert-OH is 1. The van der Waals surface area contributed by atoms with E-state index < -0.39 is 29.3 Å². The van der Waals surface area contributed by atoms with E-state index in [1.165, 1.54) is 0 Å². The molecule has 2 aliphatic rings. The summed E-state index contributed by atoms with van der Waals surface area (Å²) in [6, 6.07) is 18.3. The molecule has 1 heterocycles. The van der Waals surface area contributed by atoms with Gasteiger partial charge in [0.15, 0.2) is 5.79 Å². The molecule has 1 aliphatic carbocycles. The van der Waals surface area contributed by atoms with Crippen molar-refractivity contribution in [3.8, 4) is 0 Å². The standard InChI is InChI=1S/C22H24O5/c1-21(26-12-13-27-21)19-17(23)14-18(24)20(19)22(25,15-8-4-2-5-9-15)16-10-6-3-7-11-16/h2-11,17,19-20,23,25H,12-14H2,1H3/t17-,19+,20+/m0/s1. The van der Waals surface area contributed by atoms with Crippen molar-refractivity contribution in [1.29, 1.82) is 0 Å². The second kappa shape index (κ2) is 6.84. The van der Waals surface area contributed by atoms with Gasteiger partial charge in [-0.25, -0.2) is 0 Å². The molecule has 5 heteroatoms. The molecule has 3 atom stereocenters. The van der Waals surface area contributed by atoms with Gasteiger partial charge in [0.1, 0.15) is 11.4 Å². The van der Waals surface area contributed by atoms with Gasteiger partial charge in [-0.15, -0.1) is 0 Å². The highest BCUT2D eigenvalue weighted by Gasteiger charge is 2.61. The number of benzene rings is 2. The van der Waals surface area contributed by atoms with Crippen LogP contribution in [0.3, 0.4) is 0 Å². The molecule has 2 fully saturated rings. The van der Waals surface area contributed by atoms with Crippen LogP contribution in [0, 0.1) is 11.8 Å². The van der Waals surface area contributed by atoms with E-state index in [0.717, 1.165) is 0 Å². The maximum absolute atomic E-state index is 13.1. The Labute approximate surface area is 158 Å². The summed E-state index contributed by atoms with van der Waals surface area (Å²) < 4.78 is 11.6. The predicted molar refractivity (Wildman–Crippen MR) is 98.8 cm³/mol. The Bertz CT molecular complexity index is 758. The van der Waals surface area contributed by atoms with Crippen LogP contribution in [0.15, 0.2) is 60.7 Å². The number of Topliss-reactive ketones (excluding diaryl/α,β-unsaturated/α-hetero) is 1. The van der Waals surface area contributed by atoms with Crippen LogP contribution in [0.1, 0.15) is 24.5 Å². The molecular formula is C22H24O5. The van der Waals surface area contributed by atoms with Crippen molar-refractivity contribution in [2.24, 2.45) is 11.8 Å². The normalized spacial score (nSPS) is 27.8. The fraction of sp³-hybridized carbons (Fsp3) is 0.409. The fourth-order valence-electron chi connectivity index (χ4n) is 4.66. The highest BCUT2D eigenvalue weighted by molar-refractivity contribution is 5.86. The van der Waals surface area contributed by atoms with Crippen LogP contribution < -0.4 is 0 Å². The quantitative estimate of drug-likeness (QED) is 0.866. The second-order valence-electron chi connectivity index (χ2n) is 7.45. The lowest BCUT2D eigenvalue weighted by Crippen LogP contribution is -2.51. The van der Waals surface area contributed by atoms with Gasteiger partial charge in [-0.05, 0) is 18.1 Å². The molecule has 5 nitrogen and oxygen atoms in total. The van der Waals surface area contributed by atoms with Crippen molar-refractivity contribution in [3.63, 3.8) is 0 Å². The smallest absolute Gasteiger partial charge is 0.171 e. The molecular weight excluding hydrogens is 344 g/mol. The molecule has 142 valence electrons. The van der Waals surface area contributed by atoms with E-state index in [1.807, 2.05) is 36.4 Å². The van der Waals surface area contributed by atoms with E-state index in [2.05, 4.69) is 0 Å². The first-order chi connectivity index (χ1) is 13.0. The minimum absolute atomic E-state index is 0.0282. The number of hydrogen-bond donors (Lipinski definition) is 2. The van der Waals surface area contributed by atoms with Gasteiger partial charge < -0.3 is 19.7 Å². The molecule has 2 aromatic rings. The summed E-state index contributed by atoms with van der Waals surface area (Å²) in [4.78, 5) is 13.1. The van der Waals surface area contributed by atoms with Crippen molar-refractivity contribution in [3.05, 3.63) is 71.8 Å². The van der Waals surface area contributed by atoms with Crippen molar-refractivity contribution in [2.45, 2.75) is 30.8 Å². The number of ketones is 1. The van der Waals surface area contributed by atoms with E-state index in [0.29, 0.717) is 24.3 Å². The third kappa shape index (κ3) is 2.91. The summed E-state index contributed by atoms with van der Waals surface area (Å²) in [6.45, 7) is 2.54. The van der Waals surface area contributed by atoms with Gasteiger partial charge in [-0.3, -0.25) is 4.79 Å². The first kappa shape index (κ1) is 18.3. The maximum Gasteiger partial charge on any atom is 0.171 e. The molecule has 27 heavy (non-hydrogen) atoms. The van der Waals surface area contributed by atoms with E-state index in [-0.39, 0.29) is 12.2 Å². The molecule has 1 saturated heterocycles. The van der Waals surface area contributed by atoms with Gasteiger partial charge in [-0.2, -0.15) is 0 Å². The summed E-state index contributed by atoms with van der Waals surface area (Å²) in [6.07, 6.45) is -0.968. The predicted octanol–water partition coefficient (Wildman–Crippen LogP) is 2.25. The number of aliphatic hydroxyl groups is 2. The summed E-state index contributed by atoms with van der Waals surface area (Å²) in [5.41, 5.74) is -0.384. The number of rotatable bonds is 4. The lowest BCUT2D eigenvalue weighted by Gasteiger charge is -2.42. The van der Waals surface area contributed by atoms with Crippen LogP contribution in [0.2, 0.25) is 0 Å². The van der Waals surface area contributed by atoms with Gasteiger partial charge in [0, 0.05) is 6.42 Å². The van der Waals surface area contributed by atoms with Crippen LogP contribution >= 0.6 is 0 Å². The van der Waals surface area contributed by atoms with Gasteiger partial charge in [0.25, 0.3) is 0 Å². The molecule has 0 amide bonds.